The van der Waals surface area contributed by atoms with Crippen molar-refractivity contribution in [2.24, 2.45) is 0 Å². The molecule has 0 spiro atoms. The Morgan fingerprint density at radius 2 is 0.952 bits per heavy atom. The molecule has 21 heavy (non-hydrogen) atoms. The zero-order valence-corrected chi connectivity index (χ0v) is 14.7. The zero-order chi connectivity index (χ0) is 15.9. The summed E-state index contributed by atoms with van der Waals surface area (Å²) in [5.74, 6) is 0.389. The molecule has 0 unspecified atom stereocenters. The van der Waals surface area contributed by atoms with Crippen LogP contribution in [-0.2, 0) is 3.61 Å². The molecule has 0 saturated carbocycles. The van der Waals surface area contributed by atoms with Gasteiger partial charge in [-0.1, -0.05) is 0 Å². The van der Waals surface area contributed by atoms with E-state index in [2.05, 4.69) is 0 Å². The van der Waals surface area contributed by atoms with E-state index in [-0.39, 0.29) is 11.5 Å². The Morgan fingerprint density at radius 1 is 0.714 bits per heavy atom. The van der Waals surface area contributed by atoms with Crippen LogP contribution in [0.3, 0.4) is 0 Å². The van der Waals surface area contributed by atoms with Crippen molar-refractivity contribution in [2.75, 3.05) is 0 Å². The van der Waals surface area contributed by atoms with Crippen LogP contribution >= 0.6 is 22.6 Å². The first-order valence-electron chi connectivity index (χ1n) is 6.67. The number of hydrogen-bond donors (Lipinski definition) is 3. The maximum atomic E-state index is 11.2. The van der Waals surface area contributed by atoms with Gasteiger partial charge in [-0.05, 0) is 96.8 Å². The van der Waals surface area contributed by atoms with Crippen LogP contribution < -0.4 is 0 Å². The molecule has 0 aliphatic rings. The Kier molecular flexibility index (Phi) is 4.22. The summed E-state index contributed by atoms with van der Waals surface area (Å²) in [6.07, 6.45) is 0. The number of aliphatic hydroxyl groups is 1. The summed E-state index contributed by atoms with van der Waals surface area (Å²) >= 11 is 2.03. The van der Waals surface area contributed by atoms with Crippen LogP contribution in [0.1, 0.15) is 33.4 Å². The SMILES string of the molecule is Cc1cc(O)cc(C)c1C(O)(I)c1c(C)cc(O)cc1C. The monoisotopic (exact) mass is 398 g/mol. The first-order valence-corrected chi connectivity index (χ1v) is 7.75. The Bertz CT molecular complexity index is 600. The van der Waals surface area contributed by atoms with Gasteiger partial charge in [-0.15, -0.1) is 0 Å². The van der Waals surface area contributed by atoms with Gasteiger partial charge in [0.1, 0.15) is 11.5 Å². The maximum absolute atomic E-state index is 11.2. The lowest BCUT2D eigenvalue weighted by atomic mass is 9.88. The lowest BCUT2D eigenvalue weighted by Crippen LogP contribution is -2.24. The number of rotatable bonds is 2. The number of benzene rings is 2. The molecule has 0 aromatic heterocycles. The van der Waals surface area contributed by atoms with Gasteiger partial charge in [-0.3, -0.25) is 0 Å². The van der Waals surface area contributed by atoms with E-state index < -0.39 is 3.61 Å². The highest BCUT2D eigenvalue weighted by atomic mass is 127. The van der Waals surface area contributed by atoms with Gasteiger partial charge in [0, 0.05) is 11.1 Å². The fourth-order valence-corrected chi connectivity index (χ4v) is 4.75. The highest BCUT2D eigenvalue weighted by Gasteiger charge is 2.34. The van der Waals surface area contributed by atoms with Gasteiger partial charge in [-0.25, -0.2) is 0 Å². The number of aromatic hydroxyl groups is 2. The molecule has 112 valence electrons. The summed E-state index contributed by atoms with van der Waals surface area (Å²) in [5, 5.41) is 30.6. The molecule has 2 aromatic rings. The predicted octanol–water partition coefficient (Wildman–Crippen LogP) is 3.96. The van der Waals surface area contributed by atoms with Crippen molar-refractivity contribution in [3.05, 3.63) is 57.6 Å². The van der Waals surface area contributed by atoms with E-state index in [1.54, 1.807) is 24.3 Å². The minimum atomic E-state index is -1.22. The molecule has 0 bridgehead atoms. The third-order valence-electron chi connectivity index (χ3n) is 3.70. The molecule has 4 heteroatoms. The molecular formula is C17H19IO3. The number of phenolic OH excluding ortho intramolecular Hbond substituents is 2. The summed E-state index contributed by atoms with van der Waals surface area (Å²) < 4.78 is -1.22. The number of aryl methyl sites for hydroxylation is 4. The van der Waals surface area contributed by atoms with Crippen LogP contribution in [0, 0.1) is 27.7 Å². The quantitative estimate of drug-likeness (QED) is 0.530. The van der Waals surface area contributed by atoms with Crippen molar-refractivity contribution < 1.29 is 15.3 Å². The largest absolute Gasteiger partial charge is 0.508 e. The minimum absolute atomic E-state index is 0.195. The summed E-state index contributed by atoms with van der Waals surface area (Å²) in [7, 11) is 0. The molecular weight excluding hydrogens is 379 g/mol. The fraction of sp³-hybridized carbons (Fsp3) is 0.294. The molecule has 0 aliphatic carbocycles. The van der Waals surface area contributed by atoms with Crippen LogP contribution in [0.5, 0.6) is 11.5 Å². The Labute approximate surface area is 138 Å². The molecule has 0 aliphatic heterocycles. The zero-order valence-electron chi connectivity index (χ0n) is 12.5. The van der Waals surface area contributed by atoms with Gasteiger partial charge < -0.3 is 15.3 Å². The van der Waals surface area contributed by atoms with Crippen molar-refractivity contribution >= 4 is 22.6 Å². The first-order chi connectivity index (χ1) is 9.64. The van der Waals surface area contributed by atoms with E-state index in [1.165, 1.54) is 0 Å². The average molecular weight is 398 g/mol. The lowest BCUT2D eigenvalue weighted by molar-refractivity contribution is 0.197. The molecule has 0 saturated heterocycles. The van der Waals surface area contributed by atoms with Gasteiger partial charge >= 0.3 is 0 Å². The number of halogens is 1. The summed E-state index contributed by atoms with van der Waals surface area (Å²) in [6, 6.07) is 6.60. The van der Waals surface area contributed by atoms with Gasteiger partial charge in [0.05, 0.1) is 0 Å². The topological polar surface area (TPSA) is 60.7 Å². The molecule has 2 rings (SSSR count). The molecule has 3 nitrogen and oxygen atoms in total. The molecule has 0 fully saturated rings. The third kappa shape index (κ3) is 2.87. The number of phenols is 2. The van der Waals surface area contributed by atoms with Crippen molar-refractivity contribution in [1.29, 1.82) is 0 Å². The van der Waals surface area contributed by atoms with E-state index in [4.69, 9.17) is 0 Å². The molecule has 0 amide bonds. The van der Waals surface area contributed by atoms with E-state index in [9.17, 15) is 15.3 Å². The highest BCUT2D eigenvalue weighted by molar-refractivity contribution is 14.1. The number of alkyl halides is 1. The highest BCUT2D eigenvalue weighted by Crippen LogP contribution is 2.44. The van der Waals surface area contributed by atoms with Crippen LogP contribution in [0.15, 0.2) is 24.3 Å². The Morgan fingerprint density at radius 3 is 1.19 bits per heavy atom. The van der Waals surface area contributed by atoms with Gasteiger partial charge in [-0.2, -0.15) is 0 Å². The molecule has 2 aromatic carbocycles. The Hall–Kier alpha value is -1.27. The van der Waals surface area contributed by atoms with Gasteiger partial charge in [0.2, 0.25) is 0 Å². The van der Waals surface area contributed by atoms with E-state index in [0.29, 0.717) is 0 Å². The second kappa shape index (κ2) is 5.50. The van der Waals surface area contributed by atoms with E-state index >= 15 is 0 Å². The Balaban J connectivity index is 2.74. The summed E-state index contributed by atoms with van der Waals surface area (Å²) in [5.41, 5.74) is 4.87. The molecule has 3 N–H and O–H groups in total. The van der Waals surface area contributed by atoms with E-state index in [0.717, 1.165) is 33.4 Å². The van der Waals surface area contributed by atoms with Crippen LogP contribution in [-0.4, -0.2) is 15.3 Å². The van der Waals surface area contributed by atoms with Gasteiger partial charge in [0.25, 0.3) is 0 Å². The third-order valence-corrected chi connectivity index (χ3v) is 4.78. The van der Waals surface area contributed by atoms with Crippen LogP contribution in [0.4, 0.5) is 0 Å². The second-order valence-electron chi connectivity index (χ2n) is 5.53. The van der Waals surface area contributed by atoms with Crippen LogP contribution in [0.2, 0.25) is 0 Å². The van der Waals surface area contributed by atoms with Crippen molar-refractivity contribution in [3.8, 4) is 11.5 Å². The molecule has 0 heterocycles. The predicted molar refractivity (Wildman–Crippen MR) is 92.2 cm³/mol. The normalized spacial score (nSPS) is 11.7. The minimum Gasteiger partial charge on any atom is -0.508 e. The van der Waals surface area contributed by atoms with Crippen LogP contribution in [0.25, 0.3) is 0 Å². The number of hydrogen-bond acceptors (Lipinski definition) is 3. The van der Waals surface area contributed by atoms with Crippen molar-refractivity contribution in [1.82, 2.24) is 0 Å². The molecule has 0 atom stereocenters. The average Bonchev–Trinajstić information content (AvgIpc) is 2.23. The van der Waals surface area contributed by atoms with Crippen molar-refractivity contribution in [3.63, 3.8) is 0 Å². The van der Waals surface area contributed by atoms with E-state index in [1.807, 2.05) is 50.3 Å². The molecule has 0 radical (unpaired) electrons. The maximum Gasteiger partial charge on any atom is 0.167 e. The smallest absolute Gasteiger partial charge is 0.167 e. The second-order valence-corrected chi connectivity index (χ2v) is 7.09. The fourth-order valence-electron chi connectivity index (χ4n) is 3.05. The lowest BCUT2D eigenvalue weighted by Gasteiger charge is -2.29. The van der Waals surface area contributed by atoms with Gasteiger partial charge in [0.15, 0.2) is 3.61 Å². The van der Waals surface area contributed by atoms with Crippen molar-refractivity contribution in [2.45, 2.75) is 31.3 Å². The first kappa shape index (κ1) is 16.1. The summed E-state index contributed by atoms with van der Waals surface area (Å²) in [4.78, 5) is 0. The summed E-state index contributed by atoms with van der Waals surface area (Å²) in [6.45, 7) is 7.49. The standard InChI is InChI=1S/C17H19IO3/c1-9-5-13(19)6-10(2)15(9)17(18,21)16-11(3)7-14(20)8-12(16)4/h5-8,19-21H,1-4H3.